The van der Waals surface area contributed by atoms with Crippen LogP contribution in [0.15, 0.2) is 36.4 Å². The molecular weight excluding hydrogens is 184 g/mol. The number of carboxylic acids is 1. The van der Waals surface area contributed by atoms with Crippen molar-refractivity contribution in [3.8, 4) is 0 Å². The van der Waals surface area contributed by atoms with E-state index in [-0.39, 0.29) is 5.57 Å². The third-order valence-electron chi connectivity index (χ3n) is 1.66. The quantitative estimate of drug-likeness (QED) is 0.482. The van der Waals surface area contributed by atoms with E-state index >= 15 is 0 Å². The zero-order valence-electron chi connectivity index (χ0n) is 7.29. The zero-order chi connectivity index (χ0) is 10.6. The van der Waals surface area contributed by atoms with E-state index in [9.17, 15) is 4.79 Å². The number of aliphatic hydroxyl groups excluding tert-OH is 1. The van der Waals surface area contributed by atoms with Crippen LogP contribution in [0.1, 0.15) is 5.56 Å². The van der Waals surface area contributed by atoms with Crippen molar-refractivity contribution >= 4 is 11.5 Å². The summed E-state index contributed by atoms with van der Waals surface area (Å²) in [5.41, 5.74) is 0.447. The number of carboxylic acid groups (broad SMARTS) is 1. The predicted molar refractivity (Wildman–Crippen MR) is 50.3 cm³/mol. The van der Waals surface area contributed by atoms with Crippen molar-refractivity contribution in [1.82, 2.24) is 0 Å². The Morgan fingerprint density at radius 1 is 1.21 bits per heavy atom. The molecule has 1 aromatic rings. The third-order valence-corrected chi connectivity index (χ3v) is 1.66. The Hall–Kier alpha value is -1.65. The number of benzene rings is 1. The first-order chi connectivity index (χ1) is 6.61. The normalized spacial score (nSPS) is 11.8. The number of aliphatic carboxylic acids is 1. The van der Waals surface area contributed by atoms with Crippen LogP contribution in [-0.4, -0.2) is 27.6 Å². The molecule has 0 fully saturated rings. The highest BCUT2D eigenvalue weighted by Crippen LogP contribution is 2.16. The van der Waals surface area contributed by atoms with Gasteiger partial charge in [0.1, 0.15) is 0 Å². The monoisotopic (exact) mass is 194 g/mol. The standard InChI is InChI=1S/C10H10O4/c11-9(12)6-8(10(13)14)7-4-2-1-3-5-7/h1-6,10,13-14H,(H,11,12)/b8-6-. The second-order valence-corrected chi connectivity index (χ2v) is 2.68. The molecule has 0 aliphatic carbocycles. The van der Waals surface area contributed by atoms with Crippen LogP contribution < -0.4 is 0 Å². The van der Waals surface area contributed by atoms with Crippen molar-refractivity contribution < 1.29 is 20.1 Å². The fourth-order valence-corrected chi connectivity index (χ4v) is 1.07. The van der Waals surface area contributed by atoms with E-state index in [2.05, 4.69) is 0 Å². The lowest BCUT2D eigenvalue weighted by Gasteiger charge is -2.08. The van der Waals surface area contributed by atoms with E-state index in [1.807, 2.05) is 0 Å². The van der Waals surface area contributed by atoms with Gasteiger partial charge in [-0.1, -0.05) is 30.3 Å². The van der Waals surface area contributed by atoms with Crippen molar-refractivity contribution in [2.45, 2.75) is 6.29 Å². The van der Waals surface area contributed by atoms with E-state index in [4.69, 9.17) is 15.3 Å². The second kappa shape index (κ2) is 4.55. The number of rotatable bonds is 3. The van der Waals surface area contributed by atoms with E-state index in [0.29, 0.717) is 5.56 Å². The van der Waals surface area contributed by atoms with Gasteiger partial charge in [0, 0.05) is 11.6 Å². The highest BCUT2D eigenvalue weighted by atomic mass is 16.5. The average Bonchev–Trinajstić information content (AvgIpc) is 2.15. The highest BCUT2D eigenvalue weighted by molar-refractivity contribution is 5.90. The summed E-state index contributed by atoms with van der Waals surface area (Å²) in [6.45, 7) is 0. The molecule has 0 saturated carbocycles. The molecule has 1 aromatic carbocycles. The maximum Gasteiger partial charge on any atom is 0.328 e. The Morgan fingerprint density at radius 3 is 2.21 bits per heavy atom. The highest BCUT2D eigenvalue weighted by Gasteiger charge is 2.10. The number of hydrogen-bond donors (Lipinski definition) is 3. The molecule has 74 valence electrons. The molecular formula is C10H10O4. The summed E-state index contributed by atoms with van der Waals surface area (Å²) >= 11 is 0. The smallest absolute Gasteiger partial charge is 0.328 e. The van der Waals surface area contributed by atoms with Crippen LogP contribution in [0, 0.1) is 0 Å². The summed E-state index contributed by atoms with van der Waals surface area (Å²) in [7, 11) is 0. The summed E-state index contributed by atoms with van der Waals surface area (Å²) in [6.07, 6.45) is -1.01. The maximum absolute atomic E-state index is 10.4. The molecule has 14 heavy (non-hydrogen) atoms. The zero-order valence-corrected chi connectivity index (χ0v) is 7.29. The molecule has 0 unspecified atom stereocenters. The first-order valence-corrected chi connectivity index (χ1v) is 3.97. The number of carbonyl (C=O) groups is 1. The minimum Gasteiger partial charge on any atom is -0.478 e. The Balaban J connectivity index is 3.08. The lowest BCUT2D eigenvalue weighted by Crippen LogP contribution is -2.09. The Kier molecular flexibility index (Phi) is 3.39. The van der Waals surface area contributed by atoms with Gasteiger partial charge in [0.05, 0.1) is 0 Å². The van der Waals surface area contributed by atoms with Crippen molar-refractivity contribution in [3.05, 3.63) is 42.0 Å². The second-order valence-electron chi connectivity index (χ2n) is 2.68. The Labute approximate surface area is 80.7 Å². The van der Waals surface area contributed by atoms with E-state index < -0.39 is 12.3 Å². The van der Waals surface area contributed by atoms with Crippen molar-refractivity contribution in [3.63, 3.8) is 0 Å². The maximum atomic E-state index is 10.4. The van der Waals surface area contributed by atoms with Gasteiger partial charge in [-0.05, 0) is 5.56 Å². The predicted octanol–water partition coefficient (Wildman–Crippen LogP) is 0.465. The third kappa shape index (κ3) is 2.69. The van der Waals surface area contributed by atoms with Gasteiger partial charge >= 0.3 is 5.97 Å². The molecule has 0 bridgehead atoms. The van der Waals surface area contributed by atoms with E-state index in [1.54, 1.807) is 30.3 Å². The first kappa shape index (κ1) is 10.4. The molecule has 0 spiro atoms. The summed E-state index contributed by atoms with van der Waals surface area (Å²) in [4.78, 5) is 10.4. The van der Waals surface area contributed by atoms with Gasteiger partial charge in [0.2, 0.25) is 0 Å². The van der Waals surface area contributed by atoms with Crippen LogP contribution in [0.2, 0.25) is 0 Å². The van der Waals surface area contributed by atoms with Crippen LogP contribution in [0.5, 0.6) is 0 Å². The molecule has 1 rings (SSSR count). The SMILES string of the molecule is O=C(O)/C=C(/c1ccccc1)C(O)O. The van der Waals surface area contributed by atoms with Gasteiger partial charge in [-0.3, -0.25) is 0 Å². The molecule has 4 nitrogen and oxygen atoms in total. The number of hydrogen-bond acceptors (Lipinski definition) is 3. The van der Waals surface area contributed by atoms with E-state index in [0.717, 1.165) is 6.08 Å². The largest absolute Gasteiger partial charge is 0.478 e. The molecule has 0 atom stereocenters. The van der Waals surface area contributed by atoms with Gasteiger partial charge in [0.15, 0.2) is 6.29 Å². The van der Waals surface area contributed by atoms with Crippen molar-refractivity contribution in [1.29, 1.82) is 0 Å². The lowest BCUT2D eigenvalue weighted by atomic mass is 10.1. The molecule has 4 heteroatoms. The summed E-state index contributed by atoms with van der Waals surface area (Å²) in [5.74, 6) is -1.21. The molecule has 0 aliphatic rings. The van der Waals surface area contributed by atoms with Crippen LogP contribution in [0.3, 0.4) is 0 Å². The van der Waals surface area contributed by atoms with Crippen LogP contribution in [-0.2, 0) is 4.79 Å². The first-order valence-electron chi connectivity index (χ1n) is 3.97. The van der Waals surface area contributed by atoms with Gasteiger partial charge in [-0.25, -0.2) is 4.79 Å². The van der Waals surface area contributed by atoms with Gasteiger partial charge in [-0.15, -0.1) is 0 Å². The topological polar surface area (TPSA) is 77.8 Å². The minimum absolute atomic E-state index is 0.0295. The molecule has 0 heterocycles. The fraction of sp³-hybridized carbons (Fsp3) is 0.100. The van der Waals surface area contributed by atoms with E-state index in [1.165, 1.54) is 0 Å². The summed E-state index contributed by atoms with van der Waals surface area (Å²) in [6, 6.07) is 8.34. The van der Waals surface area contributed by atoms with Gasteiger partial charge in [0.25, 0.3) is 0 Å². The molecule has 0 saturated heterocycles. The Morgan fingerprint density at radius 2 is 1.79 bits per heavy atom. The molecule has 0 radical (unpaired) electrons. The Bertz CT molecular complexity index is 340. The van der Waals surface area contributed by atoms with Crippen LogP contribution >= 0.6 is 0 Å². The van der Waals surface area contributed by atoms with Crippen molar-refractivity contribution in [2.24, 2.45) is 0 Å². The van der Waals surface area contributed by atoms with Crippen LogP contribution in [0.4, 0.5) is 0 Å². The number of aliphatic hydroxyl groups is 2. The van der Waals surface area contributed by atoms with Gasteiger partial charge < -0.3 is 15.3 Å². The molecule has 0 aliphatic heterocycles. The molecule has 0 amide bonds. The molecule has 0 aromatic heterocycles. The summed E-state index contributed by atoms with van der Waals surface area (Å²) in [5, 5.41) is 26.4. The summed E-state index contributed by atoms with van der Waals surface area (Å²) < 4.78 is 0. The molecule has 3 N–H and O–H groups in total. The average molecular weight is 194 g/mol. The fourth-order valence-electron chi connectivity index (χ4n) is 1.07. The van der Waals surface area contributed by atoms with Crippen LogP contribution in [0.25, 0.3) is 5.57 Å². The van der Waals surface area contributed by atoms with Crippen molar-refractivity contribution in [2.75, 3.05) is 0 Å². The van der Waals surface area contributed by atoms with Gasteiger partial charge in [-0.2, -0.15) is 0 Å². The lowest BCUT2D eigenvalue weighted by molar-refractivity contribution is -0.131. The minimum atomic E-state index is -1.78.